The molecule has 0 spiro atoms. The van der Waals surface area contributed by atoms with Crippen molar-refractivity contribution in [2.45, 2.75) is 116 Å². The number of hydrogen-bond acceptors (Lipinski definition) is 17. The predicted octanol–water partition coefficient (Wildman–Crippen LogP) is -5.76. The number of ether oxygens (including phenoxy) is 9. The van der Waals surface area contributed by atoms with Crippen LogP contribution in [-0.4, -0.2) is 121 Å². The van der Waals surface area contributed by atoms with Crippen LogP contribution in [0.3, 0.4) is 0 Å². The smallest absolute Gasteiger partial charge is 0.303 e. The summed E-state index contributed by atoms with van der Waals surface area (Å²) in [5.74, 6) is -6.03. The molecule has 2 fully saturated rings. The Morgan fingerprint density at radius 2 is 0.911 bits per heavy atom. The van der Waals surface area contributed by atoms with E-state index in [1.54, 1.807) is 0 Å². The van der Waals surface area contributed by atoms with E-state index in [0.29, 0.717) is 0 Å². The van der Waals surface area contributed by atoms with E-state index < -0.39 is 116 Å². The van der Waals surface area contributed by atoms with Crippen LogP contribution >= 0.6 is 0 Å². The summed E-state index contributed by atoms with van der Waals surface area (Å²) in [6.45, 7) is 6.77. The molecule has 1 aliphatic heterocycles. The summed E-state index contributed by atoms with van der Waals surface area (Å²) in [6.07, 6.45) is -16.0. The first-order valence-electron chi connectivity index (χ1n) is 13.4. The fourth-order valence-corrected chi connectivity index (χ4v) is 4.86. The maximum atomic E-state index is 12.2. The molecule has 0 aromatic rings. The number of aliphatic hydroxyl groups excluding tert-OH is 1. The molecular weight excluding hydrogens is 634 g/mol. The number of aliphatic hydroxyl groups is 1. The Morgan fingerprint density at radius 1 is 0.556 bits per heavy atom. The van der Waals surface area contributed by atoms with Gasteiger partial charge in [0, 0.05) is 48.5 Å². The molecule has 11 atom stereocenters. The normalized spacial score (nSPS) is 32.4. The van der Waals surface area contributed by atoms with Crippen molar-refractivity contribution in [1.29, 1.82) is 0 Å². The van der Waals surface area contributed by atoms with Gasteiger partial charge in [-0.05, 0) is 0 Å². The lowest BCUT2D eigenvalue weighted by Crippen LogP contribution is -3.00. The van der Waals surface area contributed by atoms with Gasteiger partial charge in [0.25, 0.3) is 0 Å². The molecule has 19 heteroatoms. The van der Waals surface area contributed by atoms with Crippen LogP contribution in [0.15, 0.2) is 0 Å². The predicted molar refractivity (Wildman–Crippen MR) is 136 cm³/mol. The Morgan fingerprint density at radius 3 is 1.33 bits per heavy atom. The van der Waals surface area contributed by atoms with Crippen molar-refractivity contribution in [3.63, 3.8) is 0 Å². The Bertz CT molecular complexity index is 1120. The summed E-state index contributed by atoms with van der Waals surface area (Å²) in [5.41, 5.74) is 3.91. The van der Waals surface area contributed by atoms with E-state index in [9.17, 15) is 38.7 Å². The van der Waals surface area contributed by atoms with E-state index in [2.05, 4.69) is 5.73 Å². The lowest BCUT2D eigenvalue weighted by atomic mass is 9.83. The average molecular weight is 672 g/mol. The van der Waals surface area contributed by atoms with Crippen LogP contribution < -0.4 is 18.1 Å². The van der Waals surface area contributed by atoms with Gasteiger partial charge in [-0.1, -0.05) is 0 Å². The van der Waals surface area contributed by atoms with Crippen LogP contribution in [0.4, 0.5) is 0 Å². The zero-order valence-corrected chi connectivity index (χ0v) is 26.4. The van der Waals surface area contributed by atoms with Crippen molar-refractivity contribution in [2.75, 3.05) is 6.61 Å². The summed E-state index contributed by atoms with van der Waals surface area (Å²) in [7, 11) is 0. The second kappa shape index (κ2) is 17.2. The Kier molecular flexibility index (Phi) is 15.1. The van der Waals surface area contributed by atoms with Crippen molar-refractivity contribution in [3.05, 3.63) is 0 Å². The van der Waals surface area contributed by atoms with E-state index >= 15 is 0 Å². The summed E-state index contributed by atoms with van der Waals surface area (Å²) in [6, 6.07) is -1.23. The Labute approximate surface area is 263 Å². The average Bonchev–Trinajstić information content (AvgIpc) is 2.87. The van der Waals surface area contributed by atoms with Crippen LogP contribution in [0.2, 0.25) is 0 Å². The van der Waals surface area contributed by atoms with Crippen LogP contribution in [0.5, 0.6) is 0 Å². The van der Waals surface area contributed by atoms with E-state index in [0.717, 1.165) is 48.5 Å². The van der Waals surface area contributed by atoms with Crippen LogP contribution in [0, 0.1) is 0 Å². The summed E-state index contributed by atoms with van der Waals surface area (Å²) < 4.78 is 48.9. The van der Waals surface area contributed by atoms with Gasteiger partial charge in [-0.2, -0.15) is 0 Å². The number of carbonyl (C=O) groups is 7. The highest BCUT2D eigenvalue weighted by Gasteiger charge is 2.60. The Balaban J connectivity index is 0.0000101. The monoisotopic (exact) mass is 671 g/mol. The number of quaternary nitrogens is 1. The van der Waals surface area contributed by atoms with E-state index in [-0.39, 0.29) is 12.4 Å². The zero-order chi connectivity index (χ0) is 33.5. The Hall–Kier alpha value is -3.58. The number of carbonyl (C=O) groups excluding carboxylic acids is 7. The van der Waals surface area contributed by atoms with Crippen molar-refractivity contribution in [3.8, 4) is 0 Å². The van der Waals surface area contributed by atoms with E-state index in [4.69, 9.17) is 42.6 Å². The first-order valence-corrected chi connectivity index (χ1v) is 13.4. The maximum Gasteiger partial charge on any atom is 0.303 e. The van der Waals surface area contributed by atoms with Gasteiger partial charge in [0.1, 0.15) is 24.9 Å². The molecule has 1 saturated heterocycles. The second-order valence-electron chi connectivity index (χ2n) is 10.0. The van der Waals surface area contributed by atoms with E-state index in [1.165, 1.54) is 0 Å². The third kappa shape index (κ3) is 11.1. The lowest BCUT2D eigenvalue weighted by Gasteiger charge is -2.48. The van der Waals surface area contributed by atoms with Gasteiger partial charge in [0.15, 0.2) is 42.7 Å². The molecule has 0 aromatic heterocycles. The van der Waals surface area contributed by atoms with Crippen LogP contribution in [0.1, 0.15) is 48.5 Å². The van der Waals surface area contributed by atoms with Crippen molar-refractivity contribution in [1.82, 2.24) is 0 Å². The largest absolute Gasteiger partial charge is 1.00 e. The highest BCUT2D eigenvalue weighted by atomic mass is 35.5. The zero-order valence-electron chi connectivity index (χ0n) is 25.6. The number of halogens is 1. The van der Waals surface area contributed by atoms with Crippen molar-refractivity contribution < 1.29 is 99.4 Å². The molecule has 0 unspecified atom stereocenters. The molecular formula is C26H38ClNO17. The summed E-state index contributed by atoms with van der Waals surface area (Å²) in [5, 5.41) is 11.4. The van der Waals surface area contributed by atoms with Crippen molar-refractivity contribution >= 4 is 41.8 Å². The first-order chi connectivity index (χ1) is 20.4. The van der Waals surface area contributed by atoms with Gasteiger partial charge in [-0.3, -0.25) is 33.6 Å². The minimum Gasteiger partial charge on any atom is -1.00 e. The molecule has 45 heavy (non-hydrogen) atoms. The molecule has 0 bridgehead atoms. The standard InChI is InChI=1S/C26H37NO17.ClH/c1-9(28)36-8-16-19(37-10(2)29)20(38-11(3)30)17(27)26(43-16)44-22-18(35)21(39-12(4)31)23(40-13(5)32)25(42-15(7)34)24(22)41-14(6)33;/h16-26,35H,8,27H2,1-7H3;1H/t16-,17-,18-,19-,20-,21-,22+,23+,24+,25-,26-;/m1./s1. The van der Waals surface area contributed by atoms with Crippen LogP contribution in [-0.2, 0) is 76.2 Å². The number of hydrogen-bond donors (Lipinski definition) is 2. The molecule has 2 rings (SSSR count). The molecule has 2 aliphatic rings. The molecule has 18 nitrogen and oxygen atoms in total. The summed E-state index contributed by atoms with van der Waals surface area (Å²) >= 11 is 0. The van der Waals surface area contributed by atoms with E-state index in [1.807, 2.05) is 0 Å². The fourth-order valence-electron chi connectivity index (χ4n) is 4.86. The second-order valence-corrected chi connectivity index (χ2v) is 10.0. The molecule has 256 valence electrons. The molecule has 1 saturated carbocycles. The number of rotatable bonds is 10. The quantitative estimate of drug-likeness (QED) is 0.162. The SMILES string of the molecule is CC(=O)OC[C@H]1O[C@H](O[C@H]2[C@H](O)[C@@H](OC(C)=O)[C@H](OC(C)=O)[C@@H](OC(C)=O)[C@H]2OC(C)=O)[C@H]([NH3+])[C@@H](OC(C)=O)[C@@H]1OC(C)=O.[Cl-]. The highest BCUT2D eigenvalue weighted by molar-refractivity contribution is 5.70. The maximum absolute atomic E-state index is 12.2. The lowest BCUT2D eigenvalue weighted by molar-refractivity contribution is -0.505. The van der Waals surface area contributed by atoms with Gasteiger partial charge in [-0.15, -0.1) is 0 Å². The molecule has 0 aromatic carbocycles. The third-order valence-electron chi connectivity index (χ3n) is 6.29. The minimum atomic E-state index is -1.93. The van der Waals surface area contributed by atoms with Gasteiger partial charge in [0.05, 0.1) is 0 Å². The number of esters is 7. The highest BCUT2D eigenvalue weighted by Crippen LogP contribution is 2.35. The van der Waals surface area contributed by atoms with Crippen LogP contribution in [0.25, 0.3) is 0 Å². The topological polar surface area (TPSA) is 250 Å². The molecule has 0 amide bonds. The first kappa shape index (κ1) is 39.4. The summed E-state index contributed by atoms with van der Waals surface area (Å²) in [4.78, 5) is 83.7. The molecule has 1 heterocycles. The van der Waals surface area contributed by atoms with Gasteiger partial charge in [0.2, 0.25) is 6.29 Å². The van der Waals surface area contributed by atoms with Gasteiger partial charge < -0.3 is 65.9 Å². The van der Waals surface area contributed by atoms with Gasteiger partial charge in [-0.25, -0.2) is 0 Å². The van der Waals surface area contributed by atoms with Crippen molar-refractivity contribution in [2.24, 2.45) is 0 Å². The fraction of sp³-hybridized carbons (Fsp3) is 0.731. The molecule has 0 radical (unpaired) electrons. The third-order valence-corrected chi connectivity index (χ3v) is 6.29. The molecule has 4 N–H and O–H groups in total. The molecule has 1 aliphatic carbocycles. The van der Waals surface area contributed by atoms with Gasteiger partial charge >= 0.3 is 41.8 Å². The minimum absolute atomic E-state index is 0.